The van der Waals surface area contributed by atoms with Crippen molar-refractivity contribution in [3.63, 3.8) is 0 Å². The van der Waals surface area contributed by atoms with Crippen molar-refractivity contribution in [3.05, 3.63) is 30.2 Å². The predicted octanol–water partition coefficient (Wildman–Crippen LogP) is 3.56. The van der Waals surface area contributed by atoms with E-state index in [-0.39, 0.29) is 11.5 Å². The Balaban J connectivity index is 1.44. The Labute approximate surface area is 178 Å². The molecule has 7 nitrogen and oxygen atoms in total. The van der Waals surface area contributed by atoms with Gasteiger partial charge >= 0.3 is 6.18 Å². The van der Waals surface area contributed by atoms with Crippen LogP contribution in [0, 0.1) is 11.8 Å². The molecule has 0 aliphatic heterocycles. The zero-order valence-electron chi connectivity index (χ0n) is 17.5. The lowest BCUT2D eigenvalue weighted by molar-refractivity contribution is -0.139. The van der Waals surface area contributed by atoms with Crippen LogP contribution in [0.5, 0.6) is 0 Å². The maximum absolute atomic E-state index is 13.2. The molecule has 168 valence electrons. The Bertz CT molecular complexity index is 1040. The molecule has 2 aromatic heterocycles. The topological polar surface area (TPSA) is 93.9 Å². The quantitative estimate of drug-likeness (QED) is 0.444. The summed E-state index contributed by atoms with van der Waals surface area (Å²) in [5.74, 6) is 1.74. The van der Waals surface area contributed by atoms with Crippen molar-refractivity contribution in [2.45, 2.75) is 45.6 Å². The van der Waals surface area contributed by atoms with Gasteiger partial charge in [-0.15, -0.1) is 0 Å². The van der Waals surface area contributed by atoms with E-state index in [1.165, 1.54) is 6.42 Å². The molecule has 1 aliphatic carbocycles. The van der Waals surface area contributed by atoms with Gasteiger partial charge < -0.3 is 25.5 Å². The van der Waals surface area contributed by atoms with Crippen LogP contribution in [0.4, 0.5) is 18.9 Å². The Hall–Kier alpha value is -2.59. The van der Waals surface area contributed by atoms with Crippen LogP contribution in [0.1, 0.15) is 26.2 Å². The van der Waals surface area contributed by atoms with Gasteiger partial charge in [0.25, 0.3) is 0 Å². The third-order valence-electron chi connectivity index (χ3n) is 5.55. The van der Waals surface area contributed by atoms with Gasteiger partial charge in [0.2, 0.25) is 11.7 Å². The van der Waals surface area contributed by atoms with E-state index < -0.39 is 12.7 Å². The fourth-order valence-corrected chi connectivity index (χ4v) is 3.83. The van der Waals surface area contributed by atoms with E-state index in [9.17, 15) is 13.2 Å². The van der Waals surface area contributed by atoms with Crippen LogP contribution >= 0.6 is 0 Å². The summed E-state index contributed by atoms with van der Waals surface area (Å²) in [6, 6.07) is 6.94. The van der Waals surface area contributed by atoms with Crippen LogP contribution < -0.4 is 16.4 Å². The van der Waals surface area contributed by atoms with Crippen LogP contribution in [0.15, 0.2) is 28.8 Å². The van der Waals surface area contributed by atoms with E-state index in [1.54, 1.807) is 24.3 Å². The second-order valence-electron chi connectivity index (χ2n) is 8.47. The largest absolute Gasteiger partial charge is 0.406 e. The van der Waals surface area contributed by atoms with Gasteiger partial charge in [0.15, 0.2) is 0 Å². The Morgan fingerprint density at radius 2 is 2.03 bits per heavy atom. The number of nitrogens with one attached hydrogen (secondary N) is 2. The highest BCUT2D eigenvalue weighted by atomic mass is 19.4. The third-order valence-corrected chi connectivity index (χ3v) is 5.55. The van der Waals surface area contributed by atoms with Crippen molar-refractivity contribution >= 4 is 16.6 Å². The number of hydrogen-bond acceptors (Lipinski definition) is 6. The maximum atomic E-state index is 13.2. The zero-order chi connectivity index (χ0) is 22.2. The van der Waals surface area contributed by atoms with Crippen molar-refractivity contribution < 1.29 is 17.7 Å². The maximum Gasteiger partial charge on any atom is 0.406 e. The summed E-state index contributed by atoms with van der Waals surface area (Å²) >= 11 is 0. The van der Waals surface area contributed by atoms with Gasteiger partial charge in [-0.3, -0.25) is 0 Å². The number of rotatable bonds is 9. The second-order valence-corrected chi connectivity index (χ2v) is 8.47. The van der Waals surface area contributed by atoms with Crippen LogP contribution in [-0.4, -0.2) is 40.0 Å². The van der Waals surface area contributed by atoms with Gasteiger partial charge in [0.1, 0.15) is 6.54 Å². The summed E-state index contributed by atoms with van der Waals surface area (Å²) in [5, 5.41) is 11.2. The number of alkyl halides is 3. The molecule has 4 N–H and O–H groups in total. The first-order chi connectivity index (χ1) is 14.7. The number of anilines is 1. The molecule has 4 rings (SSSR count). The van der Waals surface area contributed by atoms with Gasteiger partial charge in [-0.05, 0) is 49.5 Å². The molecule has 1 saturated carbocycles. The lowest BCUT2D eigenvalue weighted by Gasteiger charge is -2.11. The van der Waals surface area contributed by atoms with E-state index in [4.69, 9.17) is 10.3 Å². The average Bonchev–Trinajstić information content (AvgIpc) is 3.09. The van der Waals surface area contributed by atoms with Crippen molar-refractivity contribution in [1.82, 2.24) is 25.3 Å². The third kappa shape index (κ3) is 5.19. The van der Waals surface area contributed by atoms with Crippen LogP contribution in [-0.2, 0) is 13.1 Å². The van der Waals surface area contributed by atoms with Crippen LogP contribution in [0.25, 0.3) is 22.4 Å². The molecular weight excluding hydrogens is 409 g/mol. The minimum absolute atomic E-state index is 0.113. The molecule has 1 aliphatic rings. The molecule has 2 heterocycles. The van der Waals surface area contributed by atoms with Crippen LogP contribution in [0.3, 0.4) is 0 Å². The highest BCUT2D eigenvalue weighted by Crippen LogP contribution is 2.37. The molecule has 3 aromatic rings. The molecule has 0 bridgehead atoms. The SMILES string of the molecule is CC(C)NC[C@H]1C[C@@H]1CNCc1nc(-c2cc3c(N)cccc3n2CC(F)(F)F)no1. The lowest BCUT2D eigenvalue weighted by Crippen LogP contribution is -2.26. The van der Waals surface area contributed by atoms with Gasteiger partial charge in [0, 0.05) is 17.1 Å². The molecule has 0 unspecified atom stereocenters. The average molecular weight is 436 g/mol. The number of fused-ring (bicyclic) bond motifs is 1. The van der Waals surface area contributed by atoms with E-state index in [2.05, 4.69) is 34.6 Å². The van der Waals surface area contributed by atoms with Gasteiger partial charge in [-0.25, -0.2) is 0 Å². The smallest absolute Gasteiger partial charge is 0.398 e. The standard InChI is InChI=1S/C21H27F3N6O/c1-12(2)27-9-14-6-13(14)8-26-10-19-28-20(29-31-19)18-7-15-16(25)4-3-5-17(15)30(18)11-21(22,23)24/h3-5,7,12-14,26-27H,6,8-11,25H2,1-2H3/t13-,14-/m1/s1. The Morgan fingerprint density at radius 1 is 1.26 bits per heavy atom. The van der Waals surface area contributed by atoms with Crippen molar-refractivity contribution in [2.24, 2.45) is 11.8 Å². The fraction of sp³-hybridized carbons (Fsp3) is 0.524. The van der Waals surface area contributed by atoms with E-state index in [0.717, 1.165) is 17.7 Å². The first kappa shape index (κ1) is 21.6. The highest BCUT2D eigenvalue weighted by Gasteiger charge is 2.36. The minimum Gasteiger partial charge on any atom is -0.398 e. The Morgan fingerprint density at radius 3 is 2.77 bits per heavy atom. The predicted molar refractivity (Wildman–Crippen MR) is 112 cm³/mol. The van der Waals surface area contributed by atoms with E-state index in [0.29, 0.717) is 46.9 Å². The molecule has 1 aromatic carbocycles. The number of nitrogens with two attached hydrogens (primary N) is 1. The number of hydrogen-bond donors (Lipinski definition) is 3. The summed E-state index contributed by atoms with van der Waals surface area (Å²) in [6.45, 7) is 5.32. The number of aromatic nitrogens is 3. The highest BCUT2D eigenvalue weighted by molar-refractivity contribution is 5.95. The number of nitrogen functional groups attached to an aromatic ring is 1. The van der Waals surface area contributed by atoms with E-state index in [1.807, 2.05) is 0 Å². The molecule has 0 amide bonds. The molecule has 10 heteroatoms. The monoisotopic (exact) mass is 436 g/mol. The van der Waals surface area contributed by atoms with Crippen molar-refractivity contribution in [3.8, 4) is 11.5 Å². The molecular formula is C21H27F3N6O. The lowest BCUT2D eigenvalue weighted by atomic mass is 10.2. The summed E-state index contributed by atoms with van der Waals surface area (Å²) in [5.41, 5.74) is 6.97. The minimum atomic E-state index is -4.40. The van der Waals surface area contributed by atoms with Crippen LogP contribution in [0.2, 0.25) is 0 Å². The fourth-order valence-electron chi connectivity index (χ4n) is 3.83. The van der Waals surface area contributed by atoms with Gasteiger partial charge in [0.05, 0.1) is 17.8 Å². The molecule has 31 heavy (non-hydrogen) atoms. The molecule has 2 atom stereocenters. The van der Waals surface area contributed by atoms with Gasteiger partial charge in [-0.1, -0.05) is 25.1 Å². The molecule has 0 saturated heterocycles. The van der Waals surface area contributed by atoms with Gasteiger partial charge in [-0.2, -0.15) is 18.2 Å². The zero-order valence-corrected chi connectivity index (χ0v) is 17.5. The molecule has 0 spiro atoms. The summed E-state index contributed by atoms with van der Waals surface area (Å²) in [6.07, 6.45) is -3.22. The first-order valence-electron chi connectivity index (χ1n) is 10.4. The molecule has 1 fully saturated rings. The summed E-state index contributed by atoms with van der Waals surface area (Å²) in [4.78, 5) is 4.31. The number of benzene rings is 1. The van der Waals surface area contributed by atoms with Crippen molar-refractivity contribution in [1.29, 1.82) is 0 Å². The first-order valence-corrected chi connectivity index (χ1v) is 10.4. The molecule has 0 radical (unpaired) electrons. The summed E-state index contributed by atoms with van der Waals surface area (Å²) in [7, 11) is 0. The van der Waals surface area contributed by atoms with Crippen molar-refractivity contribution in [2.75, 3.05) is 18.8 Å². The summed E-state index contributed by atoms with van der Waals surface area (Å²) < 4.78 is 46.0. The number of halogens is 3. The normalized spacial score (nSPS) is 18.9. The Kier molecular flexibility index (Phi) is 5.94. The number of nitrogens with zero attached hydrogens (tertiary/aromatic N) is 3. The van der Waals surface area contributed by atoms with E-state index >= 15 is 0 Å². The second kappa shape index (κ2) is 8.51.